The second-order valence-electron chi connectivity index (χ2n) is 4.45. The maximum absolute atomic E-state index is 6.30. The van der Waals surface area contributed by atoms with Gasteiger partial charge in [-0.3, -0.25) is 4.68 Å². The van der Waals surface area contributed by atoms with Gasteiger partial charge in [-0.05, 0) is 43.7 Å². The van der Waals surface area contributed by atoms with Crippen LogP contribution in [0.5, 0.6) is 0 Å². The van der Waals surface area contributed by atoms with E-state index in [-0.39, 0.29) is 6.04 Å². The molecule has 2 N–H and O–H groups in total. The molecule has 98 valence electrons. The van der Waals surface area contributed by atoms with Crippen LogP contribution in [0.4, 0.5) is 0 Å². The van der Waals surface area contributed by atoms with Gasteiger partial charge in [0.15, 0.2) is 0 Å². The largest absolute Gasteiger partial charge is 0.323 e. The minimum atomic E-state index is 0.0832. The van der Waals surface area contributed by atoms with E-state index < -0.39 is 0 Å². The van der Waals surface area contributed by atoms with Gasteiger partial charge in [0, 0.05) is 17.5 Å². The van der Waals surface area contributed by atoms with E-state index in [1.165, 1.54) is 10.6 Å². The summed E-state index contributed by atoms with van der Waals surface area (Å²) in [6.45, 7) is 5.13. The molecule has 2 rings (SSSR count). The topological polar surface area (TPSA) is 43.8 Å². The van der Waals surface area contributed by atoms with Crippen LogP contribution in [-0.2, 0) is 19.4 Å². The van der Waals surface area contributed by atoms with Crippen molar-refractivity contribution in [2.24, 2.45) is 5.73 Å². The Kier molecular flexibility index (Phi) is 4.55. The molecule has 0 saturated carbocycles. The van der Waals surface area contributed by atoms with E-state index in [1.807, 2.05) is 4.68 Å². The third-order valence-electron chi connectivity index (χ3n) is 3.19. The number of aromatic nitrogens is 2. The van der Waals surface area contributed by atoms with Crippen molar-refractivity contribution in [1.82, 2.24) is 9.78 Å². The summed E-state index contributed by atoms with van der Waals surface area (Å²) in [5.41, 5.74) is 8.61. The van der Waals surface area contributed by atoms with Crippen molar-refractivity contribution in [2.45, 2.75) is 45.7 Å². The van der Waals surface area contributed by atoms with Crippen LogP contribution in [0, 0.1) is 0 Å². The Hall–Kier alpha value is -1.13. The van der Waals surface area contributed by atoms with E-state index in [4.69, 9.17) is 5.73 Å². The molecule has 0 aliphatic carbocycles. The third kappa shape index (κ3) is 3.00. The fraction of sp³-hybridized carbons (Fsp3) is 0.500. The summed E-state index contributed by atoms with van der Waals surface area (Å²) in [5.74, 6) is 0. The standard InChI is InChI=1S/C14H21N3S/c1-3-11-10-14(17(4-2)16-11)13(15)8-7-12-6-5-9-18-12/h5-6,9-10,13H,3-4,7-8,15H2,1-2H3. The van der Waals surface area contributed by atoms with Gasteiger partial charge in [-0.15, -0.1) is 11.3 Å². The molecule has 1 unspecified atom stereocenters. The Morgan fingerprint density at radius 2 is 2.28 bits per heavy atom. The summed E-state index contributed by atoms with van der Waals surface area (Å²) < 4.78 is 2.04. The summed E-state index contributed by atoms with van der Waals surface area (Å²) in [5, 5.41) is 6.67. The zero-order valence-electron chi connectivity index (χ0n) is 11.1. The van der Waals surface area contributed by atoms with E-state index in [9.17, 15) is 0 Å². The first-order chi connectivity index (χ1) is 8.74. The minimum absolute atomic E-state index is 0.0832. The molecule has 1 atom stereocenters. The van der Waals surface area contributed by atoms with Crippen molar-refractivity contribution in [3.8, 4) is 0 Å². The molecule has 0 bridgehead atoms. The Bertz CT molecular complexity index is 473. The maximum Gasteiger partial charge on any atom is 0.0625 e. The van der Waals surface area contributed by atoms with Crippen LogP contribution in [0.1, 0.15) is 42.6 Å². The molecule has 2 aromatic heterocycles. The van der Waals surface area contributed by atoms with Crippen LogP contribution in [0.2, 0.25) is 0 Å². The van der Waals surface area contributed by atoms with Gasteiger partial charge in [-0.25, -0.2) is 0 Å². The molecule has 4 heteroatoms. The predicted octanol–water partition coefficient (Wildman–Crippen LogP) is 3.16. The molecule has 0 radical (unpaired) electrons. The lowest BCUT2D eigenvalue weighted by Crippen LogP contribution is -2.16. The van der Waals surface area contributed by atoms with Gasteiger partial charge in [-0.2, -0.15) is 5.10 Å². The number of aryl methyl sites for hydroxylation is 3. The van der Waals surface area contributed by atoms with Gasteiger partial charge >= 0.3 is 0 Å². The molecule has 0 aliphatic heterocycles. The average Bonchev–Trinajstić information content (AvgIpc) is 3.04. The molecule has 2 aromatic rings. The molecule has 0 fully saturated rings. The molecule has 2 heterocycles. The van der Waals surface area contributed by atoms with Crippen LogP contribution < -0.4 is 5.73 Å². The van der Waals surface area contributed by atoms with Crippen LogP contribution in [-0.4, -0.2) is 9.78 Å². The predicted molar refractivity (Wildman–Crippen MR) is 76.8 cm³/mol. The first-order valence-corrected chi connectivity index (χ1v) is 7.47. The third-order valence-corrected chi connectivity index (χ3v) is 4.12. The van der Waals surface area contributed by atoms with E-state index in [0.717, 1.165) is 31.5 Å². The smallest absolute Gasteiger partial charge is 0.0625 e. The maximum atomic E-state index is 6.30. The zero-order chi connectivity index (χ0) is 13.0. The summed E-state index contributed by atoms with van der Waals surface area (Å²) in [6, 6.07) is 6.51. The zero-order valence-corrected chi connectivity index (χ0v) is 11.9. The fourth-order valence-electron chi connectivity index (χ4n) is 2.11. The highest BCUT2D eigenvalue weighted by Crippen LogP contribution is 2.20. The number of hydrogen-bond acceptors (Lipinski definition) is 3. The Morgan fingerprint density at radius 3 is 2.89 bits per heavy atom. The Morgan fingerprint density at radius 1 is 1.44 bits per heavy atom. The quantitative estimate of drug-likeness (QED) is 0.870. The van der Waals surface area contributed by atoms with Crippen LogP contribution in [0.3, 0.4) is 0 Å². The van der Waals surface area contributed by atoms with Crippen molar-refractivity contribution < 1.29 is 0 Å². The minimum Gasteiger partial charge on any atom is -0.323 e. The van der Waals surface area contributed by atoms with Crippen LogP contribution in [0.25, 0.3) is 0 Å². The van der Waals surface area contributed by atoms with E-state index >= 15 is 0 Å². The van der Waals surface area contributed by atoms with Crippen molar-refractivity contribution in [3.05, 3.63) is 39.8 Å². The highest BCUT2D eigenvalue weighted by molar-refractivity contribution is 7.09. The van der Waals surface area contributed by atoms with Gasteiger partial charge in [0.05, 0.1) is 11.4 Å². The molecule has 3 nitrogen and oxygen atoms in total. The Balaban J connectivity index is 2.03. The van der Waals surface area contributed by atoms with Crippen molar-refractivity contribution in [3.63, 3.8) is 0 Å². The summed E-state index contributed by atoms with van der Waals surface area (Å²) in [6.07, 6.45) is 3.00. The van der Waals surface area contributed by atoms with Crippen molar-refractivity contribution in [1.29, 1.82) is 0 Å². The summed E-state index contributed by atoms with van der Waals surface area (Å²) in [7, 11) is 0. The van der Waals surface area contributed by atoms with E-state index in [2.05, 4.69) is 42.5 Å². The highest BCUT2D eigenvalue weighted by atomic mass is 32.1. The van der Waals surface area contributed by atoms with Gasteiger partial charge in [0.1, 0.15) is 0 Å². The van der Waals surface area contributed by atoms with Crippen LogP contribution >= 0.6 is 11.3 Å². The monoisotopic (exact) mass is 263 g/mol. The molecule has 0 saturated heterocycles. The van der Waals surface area contributed by atoms with Gasteiger partial charge in [-0.1, -0.05) is 13.0 Å². The van der Waals surface area contributed by atoms with Crippen LogP contribution in [0.15, 0.2) is 23.6 Å². The summed E-state index contributed by atoms with van der Waals surface area (Å²) in [4.78, 5) is 1.41. The van der Waals surface area contributed by atoms with E-state index in [0.29, 0.717) is 0 Å². The molecule has 0 aliphatic rings. The first kappa shape index (κ1) is 13.3. The molecule has 0 aromatic carbocycles. The number of hydrogen-bond donors (Lipinski definition) is 1. The second-order valence-corrected chi connectivity index (χ2v) is 5.49. The normalized spacial score (nSPS) is 12.8. The molecular formula is C14H21N3S. The van der Waals surface area contributed by atoms with E-state index in [1.54, 1.807) is 11.3 Å². The lowest BCUT2D eigenvalue weighted by molar-refractivity contribution is 0.546. The average molecular weight is 263 g/mol. The SMILES string of the molecule is CCc1cc(C(N)CCc2cccs2)n(CC)n1. The van der Waals surface area contributed by atoms with Gasteiger partial charge < -0.3 is 5.73 Å². The highest BCUT2D eigenvalue weighted by Gasteiger charge is 2.13. The second kappa shape index (κ2) is 6.16. The van der Waals surface area contributed by atoms with Gasteiger partial charge in [0.25, 0.3) is 0 Å². The molecule has 0 amide bonds. The first-order valence-electron chi connectivity index (χ1n) is 6.59. The summed E-state index contributed by atoms with van der Waals surface area (Å²) >= 11 is 1.80. The number of nitrogens with two attached hydrogens (primary N) is 1. The molecule has 18 heavy (non-hydrogen) atoms. The number of nitrogens with zero attached hydrogens (tertiary/aromatic N) is 2. The Labute approximate surface area is 113 Å². The number of rotatable bonds is 6. The van der Waals surface area contributed by atoms with Gasteiger partial charge in [0.2, 0.25) is 0 Å². The molecular weight excluding hydrogens is 242 g/mol. The van der Waals surface area contributed by atoms with Crippen molar-refractivity contribution >= 4 is 11.3 Å². The van der Waals surface area contributed by atoms with Crippen molar-refractivity contribution in [2.75, 3.05) is 0 Å². The molecule has 0 spiro atoms. The lowest BCUT2D eigenvalue weighted by atomic mass is 10.1. The number of thiophene rings is 1. The lowest BCUT2D eigenvalue weighted by Gasteiger charge is -2.12. The fourth-order valence-corrected chi connectivity index (χ4v) is 2.84.